The van der Waals surface area contributed by atoms with E-state index < -0.39 is 0 Å². The van der Waals surface area contributed by atoms with Crippen LogP contribution < -0.4 is 9.64 Å². The van der Waals surface area contributed by atoms with Gasteiger partial charge in [-0.15, -0.1) is 0 Å². The minimum Gasteiger partial charge on any atom is -0.456 e. The molecule has 2 aliphatic heterocycles. The molecule has 0 aliphatic carbocycles. The van der Waals surface area contributed by atoms with Gasteiger partial charge in [0.25, 0.3) is 0 Å². The number of likely N-dealkylation sites (N-methyl/N-ethyl adjacent to an activating group) is 1. The third kappa shape index (κ3) is 2.92. The molecule has 3 heteroatoms. The van der Waals surface area contributed by atoms with Crippen molar-refractivity contribution in [1.82, 2.24) is 4.98 Å². The van der Waals surface area contributed by atoms with Gasteiger partial charge in [-0.25, -0.2) is 0 Å². The first-order valence-corrected chi connectivity index (χ1v) is 11.6. The van der Waals surface area contributed by atoms with Gasteiger partial charge in [-0.3, -0.25) is 4.98 Å². The van der Waals surface area contributed by atoms with Crippen LogP contribution in [0.5, 0.6) is 11.5 Å². The summed E-state index contributed by atoms with van der Waals surface area (Å²) in [5, 5.41) is 0. The highest BCUT2D eigenvalue weighted by molar-refractivity contribution is 5.97. The zero-order valence-corrected chi connectivity index (χ0v) is 19.9. The zero-order chi connectivity index (χ0) is 22.9. The van der Waals surface area contributed by atoms with E-state index in [0.29, 0.717) is 0 Å². The molecule has 0 fully saturated rings. The largest absolute Gasteiger partial charge is 0.456 e. The average Bonchev–Trinajstić information content (AvgIpc) is 2.94. The SMILES string of the molecule is Cc1cnc(-c2cc3c(c4c2N(C)CC4(C)C)Oc2ccccc2-c2ccccc2-3)c(C)c1. The Morgan fingerprint density at radius 3 is 2.24 bits per heavy atom. The van der Waals surface area contributed by atoms with Gasteiger partial charge in [0.05, 0.1) is 11.4 Å². The molecule has 3 nitrogen and oxygen atoms in total. The molecule has 1 aromatic heterocycles. The first kappa shape index (κ1) is 20.0. The number of hydrogen-bond acceptors (Lipinski definition) is 3. The standard InChI is InChI=1S/C30H28N2O/c1-18-14-19(2)27(31-16-18)24-15-23-21-11-7-6-10-20(21)22-12-8-9-13-25(22)33-29(23)26-28(24)32(5)17-30(26,3)4/h6-16H,17H2,1-5H3. The predicted molar refractivity (Wildman–Crippen MR) is 136 cm³/mol. The predicted octanol–water partition coefficient (Wildman–Crippen LogP) is 7.53. The number of ether oxygens (including phenoxy) is 1. The number of pyridine rings is 1. The Kier molecular flexibility index (Phi) is 4.22. The number of hydrogen-bond donors (Lipinski definition) is 0. The summed E-state index contributed by atoms with van der Waals surface area (Å²) in [6.07, 6.45) is 1.97. The molecule has 0 bridgehead atoms. The topological polar surface area (TPSA) is 25.4 Å². The summed E-state index contributed by atoms with van der Waals surface area (Å²) in [5.74, 6) is 1.89. The third-order valence-corrected chi connectivity index (χ3v) is 7.02. The highest BCUT2D eigenvalue weighted by Gasteiger charge is 2.41. The van der Waals surface area contributed by atoms with Crippen LogP contribution in [0.2, 0.25) is 0 Å². The van der Waals surface area contributed by atoms with Gasteiger partial charge < -0.3 is 9.64 Å². The normalized spacial score (nSPS) is 15.1. The van der Waals surface area contributed by atoms with E-state index in [1.807, 2.05) is 6.20 Å². The van der Waals surface area contributed by atoms with Crippen LogP contribution in [0.15, 0.2) is 66.9 Å². The van der Waals surface area contributed by atoms with Crippen LogP contribution in [0.1, 0.15) is 30.5 Å². The first-order chi connectivity index (χ1) is 15.8. The van der Waals surface area contributed by atoms with E-state index in [-0.39, 0.29) is 5.41 Å². The maximum absolute atomic E-state index is 6.80. The Balaban J connectivity index is 1.76. The second-order valence-electron chi connectivity index (χ2n) is 10.1. The second-order valence-corrected chi connectivity index (χ2v) is 10.1. The summed E-state index contributed by atoms with van der Waals surface area (Å²) in [4.78, 5) is 7.28. The Labute approximate surface area is 195 Å². The van der Waals surface area contributed by atoms with Crippen molar-refractivity contribution in [2.24, 2.45) is 0 Å². The van der Waals surface area contributed by atoms with Crippen LogP contribution in [0, 0.1) is 13.8 Å². The van der Waals surface area contributed by atoms with Crippen molar-refractivity contribution < 1.29 is 4.74 Å². The summed E-state index contributed by atoms with van der Waals surface area (Å²) in [6, 6.07) is 21.6. The molecule has 4 aromatic rings. The lowest BCUT2D eigenvalue weighted by Crippen LogP contribution is -2.25. The third-order valence-electron chi connectivity index (χ3n) is 7.02. The number of rotatable bonds is 1. The molecule has 0 unspecified atom stereocenters. The highest BCUT2D eigenvalue weighted by atomic mass is 16.5. The number of fused-ring (bicyclic) bond motifs is 7. The van der Waals surface area contributed by atoms with E-state index in [4.69, 9.17) is 9.72 Å². The molecular formula is C30H28N2O. The van der Waals surface area contributed by atoms with Gasteiger partial charge in [-0.05, 0) is 48.2 Å². The van der Waals surface area contributed by atoms with Crippen molar-refractivity contribution in [2.75, 3.05) is 18.5 Å². The van der Waals surface area contributed by atoms with Gasteiger partial charge in [0.1, 0.15) is 11.5 Å². The molecule has 3 heterocycles. The quantitative estimate of drug-likeness (QED) is 0.274. The second kappa shape index (κ2) is 6.95. The molecule has 0 saturated carbocycles. The van der Waals surface area contributed by atoms with Crippen LogP contribution in [-0.4, -0.2) is 18.6 Å². The lowest BCUT2D eigenvalue weighted by Gasteiger charge is -2.24. The molecule has 0 radical (unpaired) electrons. The molecule has 3 aromatic carbocycles. The van der Waals surface area contributed by atoms with Gasteiger partial charge in [0.2, 0.25) is 0 Å². The molecule has 33 heavy (non-hydrogen) atoms. The summed E-state index contributed by atoms with van der Waals surface area (Å²) in [5.41, 5.74) is 11.7. The zero-order valence-electron chi connectivity index (χ0n) is 19.9. The first-order valence-electron chi connectivity index (χ1n) is 11.6. The summed E-state index contributed by atoms with van der Waals surface area (Å²) in [7, 11) is 2.19. The highest BCUT2D eigenvalue weighted by Crippen LogP contribution is 2.57. The minimum atomic E-state index is -0.0585. The number of benzene rings is 3. The summed E-state index contributed by atoms with van der Waals surface area (Å²) in [6.45, 7) is 9.83. The number of nitrogens with zero attached hydrogens (tertiary/aromatic N) is 2. The molecule has 0 saturated heterocycles. The molecule has 164 valence electrons. The summed E-state index contributed by atoms with van der Waals surface area (Å²) < 4.78 is 6.80. The number of anilines is 1. The number of aryl methyl sites for hydroxylation is 2. The maximum atomic E-state index is 6.80. The molecule has 0 N–H and O–H groups in total. The molecule has 0 atom stereocenters. The molecule has 0 spiro atoms. The van der Waals surface area contributed by atoms with E-state index in [9.17, 15) is 0 Å². The Morgan fingerprint density at radius 2 is 1.52 bits per heavy atom. The number of aromatic nitrogens is 1. The van der Waals surface area contributed by atoms with E-state index >= 15 is 0 Å². The lowest BCUT2D eigenvalue weighted by molar-refractivity contribution is 0.461. The average molecular weight is 433 g/mol. The van der Waals surface area contributed by atoms with Crippen LogP contribution in [0.3, 0.4) is 0 Å². The van der Waals surface area contributed by atoms with E-state index in [1.165, 1.54) is 39.1 Å². The molecule has 0 amide bonds. The summed E-state index contributed by atoms with van der Waals surface area (Å²) >= 11 is 0. The van der Waals surface area contributed by atoms with Crippen molar-refractivity contribution in [2.45, 2.75) is 33.1 Å². The van der Waals surface area contributed by atoms with Gasteiger partial charge in [-0.2, -0.15) is 0 Å². The molecule has 2 aliphatic rings. The minimum absolute atomic E-state index is 0.0585. The van der Waals surface area contributed by atoms with E-state index in [0.717, 1.165) is 34.9 Å². The van der Waals surface area contributed by atoms with Crippen LogP contribution >= 0.6 is 0 Å². The fourth-order valence-electron chi connectivity index (χ4n) is 5.76. The van der Waals surface area contributed by atoms with Crippen molar-refractivity contribution in [3.8, 4) is 45.0 Å². The Bertz CT molecular complexity index is 1430. The number of para-hydroxylation sites is 1. The fourth-order valence-corrected chi connectivity index (χ4v) is 5.76. The van der Waals surface area contributed by atoms with Crippen molar-refractivity contribution in [1.29, 1.82) is 0 Å². The Hall–Kier alpha value is -3.59. The maximum Gasteiger partial charge on any atom is 0.141 e. The smallest absolute Gasteiger partial charge is 0.141 e. The van der Waals surface area contributed by atoms with E-state index in [2.05, 4.69) is 100 Å². The van der Waals surface area contributed by atoms with Crippen LogP contribution in [0.25, 0.3) is 33.5 Å². The van der Waals surface area contributed by atoms with Crippen LogP contribution in [0.4, 0.5) is 5.69 Å². The molecular weight excluding hydrogens is 404 g/mol. The molecule has 6 rings (SSSR count). The fraction of sp³-hybridized carbons (Fsp3) is 0.233. The van der Waals surface area contributed by atoms with Gasteiger partial charge in [0.15, 0.2) is 0 Å². The van der Waals surface area contributed by atoms with Crippen molar-refractivity contribution in [3.05, 3.63) is 83.6 Å². The van der Waals surface area contributed by atoms with Crippen molar-refractivity contribution in [3.63, 3.8) is 0 Å². The van der Waals surface area contributed by atoms with E-state index in [1.54, 1.807) is 0 Å². The lowest BCUT2D eigenvalue weighted by atomic mass is 9.81. The van der Waals surface area contributed by atoms with Crippen molar-refractivity contribution >= 4 is 5.69 Å². The van der Waals surface area contributed by atoms with Gasteiger partial charge >= 0.3 is 0 Å². The van der Waals surface area contributed by atoms with Gasteiger partial charge in [0, 0.05) is 47.5 Å². The van der Waals surface area contributed by atoms with Gasteiger partial charge in [-0.1, -0.05) is 62.4 Å². The van der Waals surface area contributed by atoms with Crippen LogP contribution in [-0.2, 0) is 5.41 Å². The Morgan fingerprint density at radius 1 is 0.848 bits per heavy atom. The monoisotopic (exact) mass is 432 g/mol.